The molecule has 3 unspecified atom stereocenters. The molecule has 108 valence electrons. The van der Waals surface area contributed by atoms with Crippen LogP contribution in [0.3, 0.4) is 0 Å². The van der Waals surface area contributed by atoms with Crippen LogP contribution in [0.2, 0.25) is 0 Å². The molecule has 2 amide bonds. The average molecular weight is 273 g/mol. The van der Waals surface area contributed by atoms with Gasteiger partial charge in [0.1, 0.15) is 0 Å². The Balaban J connectivity index is 1.71. The summed E-state index contributed by atoms with van der Waals surface area (Å²) in [5, 5.41) is 6.49. The number of hydrogen-bond donors (Lipinski definition) is 2. The largest absolute Gasteiger partial charge is 0.322 e. The number of nitrogens with one attached hydrogen (secondary N) is 2. The molecule has 0 radical (unpaired) electrons. The maximum atomic E-state index is 12.5. The van der Waals surface area contributed by atoms with Crippen LogP contribution < -0.4 is 10.6 Å². The zero-order chi connectivity index (χ0) is 14.1. The van der Waals surface area contributed by atoms with Crippen LogP contribution in [0.4, 0.5) is 10.5 Å². The molecule has 0 bridgehead atoms. The van der Waals surface area contributed by atoms with Crippen molar-refractivity contribution in [3.8, 4) is 0 Å². The van der Waals surface area contributed by atoms with E-state index in [0.29, 0.717) is 17.9 Å². The van der Waals surface area contributed by atoms with E-state index < -0.39 is 0 Å². The first kappa shape index (κ1) is 13.4. The first-order valence-corrected chi connectivity index (χ1v) is 7.54. The Morgan fingerprint density at radius 3 is 3.05 bits per heavy atom. The summed E-state index contributed by atoms with van der Waals surface area (Å²) >= 11 is 0. The second-order valence-corrected chi connectivity index (χ2v) is 6.01. The van der Waals surface area contributed by atoms with Crippen molar-refractivity contribution in [2.75, 3.05) is 25.0 Å². The minimum absolute atomic E-state index is 0.0526. The second-order valence-electron chi connectivity index (χ2n) is 6.01. The molecule has 2 saturated heterocycles. The predicted octanol–water partition coefficient (Wildman–Crippen LogP) is 2.46. The molecule has 0 aromatic heterocycles. The van der Waals surface area contributed by atoms with E-state index in [1.165, 1.54) is 0 Å². The highest BCUT2D eigenvalue weighted by Gasteiger charge is 2.45. The summed E-state index contributed by atoms with van der Waals surface area (Å²) in [7, 11) is 0. The molecule has 2 heterocycles. The topological polar surface area (TPSA) is 44.4 Å². The summed E-state index contributed by atoms with van der Waals surface area (Å²) in [5.74, 6) is 1.26. The molecule has 2 fully saturated rings. The lowest BCUT2D eigenvalue weighted by atomic mass is 9.93. The Morgan fingerprint density at radius 2 is 2.30 bits per heavy atom. The smallest absolute Gasteiger partial charge is 0.321 e. The Kier molecular flexibility index (Phi) is 3.66. The third kappa shape index (κ3) is 2.40. The molecule has 20 heavy (non-hydrogen) atoms. The molecule has 0 saturated carbocycles. The van der Waals surface area contributed by atoms with Gasteiger partial charge >= 0.3 is 6.03 Å². The van der Waals surface area contributed by atoms with E-state index in [4.69, 9.17) is 0 Å². The van der Waals surface area contributed by atoms with Crippen molar-refractivity contribution >= 4 is 11.7 Å². The highest BCUT2D eigenvalue weighted by molar-refractivity contribution is 5.89. The Bertz CT molecular complexity index is 502. The normalized spacial score (nSPS) is 28.5. The van der Waals surface area contributed by atoms with Crippen molar-refractivity contribution in [3.63, 3.8) is 0 Å². The maximum Gasteiger partial charge on any atom is 0.322 e. The van der Waals surface area contributed by atoms with Crippen molar-refractivity contribution in [2.45, 2.75) is 26.3 Å². The lowest BCUT2D eigenvalue weighted by Gasteiger charge is -2.27. The number of carbonyl (C=O) groups excluding carboxylic acids is 1. The van der Waals surface area contributed by atoms with Crippen LogP contribution >= 0.6 is 0 Å². The van der Waals surface area contributed by atoms with Gasteiger partial charge in [-0.1, -0.05) is 19.1 Å². The van der Waals surface area contributed by atoms with Gasteiger partial charge in [-0.2, -0.15) is 0 Å². The van der Waals surface area contributed by atoms with E-state index in [9.17, 15) is 4.79 Å². The van der Waals surface area contributed by atoms with Crippen molar-refractivity contribution in [3.05, 3.63) is 29.8 Å². The number of carbonyl (C=O) groups is 1. The molecule has 1 aromatic rings. The predicted molar refractivity (Wildman–Crippen MR) is 80.8 cm³/mol. The van der Waals surface area contributed by atoms with Crippen LogP contribution in [0, 0.1) is 18.8 Å². The molecule has 0 spiro atoms. The zero-order valence-corrected chi connectivity index (χ0v) is 12.2. The van der Waals surface area contributed by atoms with E-state index in [0.717, 1.165) is 37.3 Å². The van der Waals surface area contributed by atoms with E-state index in [2.05, 4.69) is 17.6 Å². The Labute approximate surface area is 120 Å². The number of anilines is 1. The number of likely N-dealkylation sites (tertiary alicyclic amines) is 1. The van der Waals surface area contributed by atoms with Crippen LogP contribution in [0.5, 0.6) is 0 Å². The number of fused-ring (bicyclic) bond motifs is 1. The fraction of sp³-hybridized carbons (Fsp3) is 0.562. The van der Waals surface area contributed by atoms with Gasteiger partial charge in [0, 0.05) is 31.4 Å². The fourth-order valence-electron chi connectivity index (χ4n) is 3.70. The summed E-state index contributed by atoms with van der Waals surface area (Å²) < 4.78 is 0. The van der Waals surface area contributed by atoms with E-state index in [1.807, 2.05) is 36.1 Å². The molecular weight excluding hydrogens is 250 g/mol. The van der Waals surface area contributed by atoms with E-state index in [-0.39, 0.29) is 6.03 Å². The summed E-state index contributed by atoms with van der Waals surface area (Å²) in [4.78, 5) is 14.6. The molecule has 2 aliphatic rings. The number of urea groups is 1. The third-order valence-electron chi connectivity index (χ3n) is 4.67. The molecule has 0 aliphatic carbocycles. The molecule has 3 rings (SSSR count). The highest BCUT2D eigenvalue weighted by Crippen LogP contribution is 2.34. The zero-order valence-electron chi connectivity index (χ0n) is 12.2. The number of aryl methyl sites for hydroxylation is 1. The fourth-order valence-corrected chi connectivity index (χ4v) is 3.70. The number of hydrogen-bond acceptors (Lipinski definition) is 2. The van der Waals surface area contributed by atoms with Crippen LogP contribution in [-0.2, 0) is 0 Å². The second kappa shape index (κ2) is 5.44. The summed E-state index contributed by atoms with van der Waals surface area (Å²) in [5.41, 5.74) is 2.05. The SMILES string of the molecule is CCC1C2CNCC2CN1C(=O)Nc1cccc(C)c1. The lowest BCUT2D eigenvalue weighted by Crippen LogP contribution is -2.42. The van der Waals surface area contributed by atoms with Gasteiger partial charge in [-0.15, -0.1) is 0 Å². The van der Waals surface area contributed by atoms with Gasteiger partial charge in [-0.05, 0) is 42.9 Å². The van der Waals surface area contributed by atoms with Gasteiger partial charge in [-0.25, -0.2) is 4.79 Å². The summed E-state index contributed by atoms with van der Waals surface area (Å²) in [6.45, 7) is 7.20. The molecule has 2 N–H and O–H groups in total. The quantitative estimate of drug-likeness (QED) is 0.869. The molecule has 4 nitrogen and oxygen atoms in total. The maximum absolute atomic E-state index is 12.5. The molecular formula is C16H23N3O. The van der Waals surface area contributed by atoms with Gasteiger partial charge in [0.25, 0.3) is 0 Å². The first-order valence-electron chi connectivity index (χ1n) is 7.54. The molecule has 2 aliphatic heterocycles. The van der Waals surface area contributed by atoms with Crippen molar-refractivity contribution in [1.82, 2.24) is 10.2 Å². The Morgan fingerprint density at radius 1 is 1.45 bits per heavy atom. The monoisotopic (exact) mass is 273 g/mol. The minimum atomic E-state index is 0.0526. The highest BCUT2D eigenvalue weighted by atomic mass is 16.2. The number of nitrogens with zero attached hydrogens (tertiary/aromatic N) is 1. The van der Waals surface area contributed by atoms with Crippen LogP contribution in [0.25, 0.3) is 0 Å². The molecule has 4 heteroatoms. The van der Waals surface area contributed by atoms with E-state index >= 15 is 0 Å². The van der Waals surface area contributed by atoms with Crippen LogP contribution in [0.15, 0.2) is 24.3 Å². The van der Waals surface area contributed by atoms with E-state index in [1.54, 1.807) is 0 Å². The van der Waals surface area contributed by atoms with Gasteiger partial charge in [0.2, 0.25) is 0 Å². The van der Waals surface area contributed by atoms with Crippen molar-refractivity contribution < 1.29 is 4.79 Å². The van der Waals surface area contributed by atoms with Gasteiger partial charge in [0.15, 0.2) is 0 Å². The number of rotatable bonds is 2. The molecule has 3 atom stereocenters. The first-order chi connectivity index (χ1) is 9.69. The molecule has 1 aromatic carbocycles. The summed E-state index contributed by atoms with van der Waals surface area (Å²) in [6, 6.07) is 8.40. The van der Waals surface area contributed by atoms with Gasteiger partial charge in [-0.3, -0.25) is 0 Å². The number of amides is 2. The van der Waals surface area contributed by atoms with Crippen molar-refractivity contribution in [1.29, 1.82) is 0 Å². The lowest BCUT2D eigenvalue weighted by molar-refractivity contribution is 0.196. The summed E-state index contributed by atoms with van der Waals surface area (Å²) in [6.07, 6.45) is 1.03. The average Bonchev–Trinajstić information content (AvgIpc) is 2.98. The standard InChI is InChI=1S/C16H23N3O/c1-3-15-14-9-17-8-12(14)10-19(15)16(20)18-13-6-4-5-11(2)7-13/h4-7,12,14-15,17H,3,8-10H2,1-2H3,(H,18,20). The number of benzene rings is 1. The Hall–Kier alpha value is -1.55. The van der Waals surface area contributed by atoms with Gasteiger partial charge in [0.05, 0.1) is 0 Å². The minimum Gasteiger partial charge on any atom is -0.321 e. The van der Waals surface area contributed by atoms with Crippen LogP contribution in [-0.4, -0.2) is 36.6 Å². The van der Waals surface area contributed by atoms with Crippen LogP contribution in [0.1, 0.15) is 18.9 Å². The van der Waals surface area contributed by atoms with Crippen molar-refractivity contribution in [2.24, 2.45) is 11.8 Å². The third-order valence-corrected chi connectivity index (χ3v) is 4.67. The van der Waals surface area contributed by atoms with Gasteiger partial charge < -0.3 is 15.5 Å².